The van der Waals surface area contributed by atoms with Gasteiger partial charge in [-0.25, -0.2) is 0 Å². The van der Waals surface area contributed by atoms with Crippen molar-refractivity contribution in [1.29, 1.82) is 0 Å². The van der Waals surface area contributed by atoms with Crippen LogP contribution in [-0.2, 0) is 4.79 Å². The first-order valence-electron chi connectivity index (χ1n) is 7.07. The maximum Gasteiger partial charge on any atom is 0.225 e. The minimum absolute atomic E-state index is 0.0983. The minimum atomic E-state index is 0.0983. The molecule has 0 radical (unpaired) electrons. The lowest BCUT2D eigenvalue weighted by Gasteiger charge is -2.48. The summed E-state index contributed by atoms with van der Waals surface area (Å²) >= 11 is 1.95. The van der Waals surface area contributed by atoms with Crippen molar-refractivity contribution in [2.24, 2.45) is 5.92 Å². The van der Waals surface area contributed by atoms with E-state index < -0.39 is 0 Å². The van der Waals surface area contributed by atoms with Crippen molar-refractivity contribution in [3.8, 4) is 5.75 Å². The maximum atomic E-state index is 11.9. The lowest BCUT2D eigenvalue weighted by molar-refractivity contribution is -0.139. The fraction of sp³-hybridized carbons (Fsp3) is 0.600. The predicted octanol–water partition coefficient (Wildman–Crippen LogP) is 2.20. The Balaban J connectivity index is 1.53. The van der Waals surface area contributed by atoms with Crippen LogP contribution in [0.4, 0.5) is 0 Å². The molecule has 5 heteroatoms. The van der Waals surface area contributed by atoms with Gasteiger partial charge in [-0.1, -0.05) is 13.8 Å². The summed E-state index contributed by atoms with van der Waals surface area (Å²) in [6.07, 6.45) is 4.76. The Labute approximate surface area is 123 Å². The molecule has 108 valence electrons. The van der Waals surface area contributed by atoms with E-state index >= 15 is 0 Å². The lowest BCUT2D eigenvalue weighted by atomic mass is 9.92. The van der Waals surface area contributed by atoms with Gasteiger partial charge in [0.05, 0.1) is 10.9 Å². The third-order valence-electron chi connectivity index (χ3n) is 3.88. The normalized spacial score (nSPS) is 23.9. The Morgan fingerprint density at radius 3 is 3.00 bits per heavy atom. The Morgan fingerprint density at radius 1 is 1.55 bits per heavy atom. The molecule has 1 aromatic heterocycles. The number of ether oxygens (including phenoxy) is 1. The molecule has 3 heterocycles. The molecule has 4 nitrogen and oxygen atoms in total. The van der Waals surface area contributed by atoms with Crippen molar-refractivity contribution < 1.29 is 9.53 Å². The van der Waals surface area contributed by atoms with Gasteiger partial charge in [-0.3, -0.25) is 9.78 Å². The van der Waals surface area contributed by atoms with Crippen molar-refractivity contribution >= 4 is 17.7 Å². The van der Waals surface area contributed by atoms with Crippen molar-refractivity contribution in [3.05, 3.63) is 24.5 Å². The maximum absolute atomic E-state index is 11.9. The zero-order valence-electron chi connectivity index (χ0n) is 11.9. The molecule has 1 atom stereocenters. The molecule has 2 saturated heterocycles. The van der Waals surface area contributed by atoms with Gasteiger partial charge < -0.3 is 9.64 Å². The molecule has 0 saturated carbocycles. The number of carbonyl (C=O) groups is 1. The average molecular weight is 292 g/mol. The van der Waals surface area contributed by atoms with Crippen LogP contribution in [-0.4, -0.2) is 45.5 Å². The number of aromatic nitrogens is 1. The molecular formula is C15H20N2O2S. The Morgan fingerprint density at radius 2 is 2.35 bits per heavy atom. The van der Waals surface area contributed by atoms with Crippen LogP contribution in [0, 0.1) is 5.92 Å². The second kappa shape index (κ2) is 5.28. The number of thioether (sulfide) groups is 1. The first kappa shape index (κ1) is 13.7. The molecule has 2 fully saturated rings. The minimum Gasteiger partial charge on any atom is -0.488 e. The first-order valence-corrected chi connectivity index (χ1v) is 8.06. The monoisotopic (exact) mass is 292 g/mol. The largest absolute Gasteiger partial charge is 0.488 e. The highest BCUT2D eigenvalue weighted by atomic mass is 32.2. The van der Waals surface area contributed by atoms with Gasteiger partial charge in [-0.2, -0.15) is 0 Å². The number of hydrogen-bond acceptors (Lipinski definition) is 4. The lowest BCUT2D eigenvalue weighted by Crippen LogP contribution is -2.61. The fourth-order valence-corrected chi connectivity index (χ4v) is 4.40. The smallest absolute Gasteiger partial charge is 0.225 e. The summed E-state index contributed by atoms with van der Waals surface area (Å²) in [5, 5.41) is 0. The van der Waals surface area contributed by atoms with Crippen LogP contribution in [0.3, 0.4) is 0 Å². The van der Waals surface area contributed by atoms with Gasteiger partial charge >= 0.3 is 0 Å². The van der Waals surface area contributed by atoms with E-state index in [1.807, 2.05) is 42.6 Å². The van der Waals surface area contributed by atoms with Gasteiger partial charge in [0, 0.05) is 37.4 Å². The van der Waals surface area contributed by atoms with Crippen LogP contribution in [0.15, 0.2) is 24.5 Å². The average Bonchev–Trinajstić information content (AvgIpc) is 2.81. The number of pyridine rings is 1. The molecular weight excluding hydrogens is 272 g/mol. The molecule has 1 amide bonds. The number of amides is 1. The molecule has 0 N–H and O–H groups in total. The fourth-order valence-electron chi connectivity index (χ4n) is 2.88. The molecule has 0 unspecified atom stereocenters. The quantitative estimate of drug-likeness (QED) is 0.856. The van der Waals surface area contributed by atoms with E-state index in [0.29, 0.717) is 0 Å². The van der Waals surface area contributed by atoms with Gasteiger partial charge in [0.2, 0.25) is 5.91 Å². The van der Waals surface area contributed by atoms with Crippen molar-refractivity contribution in [3.63, 3.8) is 0 Å². The Kier molecular flexibility index (Phi) is 3.63. The summed E-state index contributed by atoms with van der Waals surface area (Å²) in [4.78, 5) is 18.0. The van der Waals surface area contributed by atoms with E-state index in [1.54, 1.807) is 12.4 Å². The number of rotatable bonds is 3. The van der Waals surface area contributed by atoms with E-state index in [-0.39, 0.29) is 22.7 Å². The number of likely N-dealkylation sites (tertiary alicyclic amines) is 1. The van der Waals surface area contributed by atoms with E-state index in [4.69, 9.17) is 4.74 Å². The molecule has 0 bridgehead atoms. The third-order valence-corrected chi connectivity index (χ3v) is 5.45. The van der Waals surface area contributed by atoms with Crippen LogP contribution in [0.1, 0.15) is 20.3 Å². The van der Waals surface area contributed by atoms with Crippen molar-refractivity contribution in [2.45, 2.75) is 31.1 Å². The number of hydrogen-bond donors (Lipinski definition) is 0. The standard InChI is InChI=1S/C15H20N2O2S/c1-11(2)14(18)17-9-15(10-17)6-13(8-20-15)19-12-4-3-5-16-7-12/h3-5,7,11,13H,6,8-10H2,1-2H3/t13-/m0/s1. The van der Waals surface area contributed by atoms with Crippen LogP contribution >= 0.6 is 11.8 Å². The summed E-state index contributed by atoms with van der Waals surface area (Å²) in [5.41, 5.74) is 0. The summed E-state index contributed by atoms with van der Waals surface area (Å²) < 4.78 is 6.20. The van der Waals surface area contributed by atoms with Crippen LogP contribution in [0.2, 0.25) is 0 Å². The van der Waals surface area contributed by atoms with Crippen LogP contribution < -0.4 is 4.74 Å². The number of nitrogens with zero attached hydrogens (tertiary/aromatic N) is 2. The second-order valence-electron chi connectivity index (χ2n) is 5.98. The first-order chi connectivity index (χ1) is 9.58. The topological polar surface area (TPSA) is 42.4 Å². The van der Waals surface area contributed by atoms with Gasteiger partial charge in [0.25, 0.3) is 0 Å². The highest BCUT2D eigenvalue weighted by molar-refractivity contribution is 8.01. The highest BCUT2D eigenvalue weighted by Gasteiger charge is 2.51. The van der Waals surface area contributed by atoms with Crippen LogP contribution in [0.25, 0.3) is 0 Å². The van der Waals surface area contributed by atoms with Crippen LogP contribution in [0.5, 0.6) is 5.75 Å². The molecule has 2 aliphatic heterocycles. The second-order valence-corrected chi connectivity index (χ2v) is 7.46. The highest BCUT2D eigenvalue weighted by Crippen LogP contribution is 2.46. The van der Waals surface area contributed by atoms with Gasteiger partial charge in [-0.15, -0.1) is 11.8 Å². The molecule has 1 aromatic rings. The van der Waals surface area contributed by atoms with Gasteiger partial charge in [0.1, 0.15) is 11.9 Å². The summed E-state index contributed by atoms with van der Waals surface area (Å²) in [6, 6.07) is 3.83. The predicted molar refractivity (Wildman–Crippen MR) is 79.9 cm³/mol. The SMILES string of the molecule is CC(C)C(=O)N1CC2(C[C@H](Oc3cccnc3)CS2)C1. The summed E-state index contributed by atoms with van der Waals surface area (Å²) in [6.45, 7) is 5.68. The van der Waals surface area contributed by atoms with E-state index in [1.165, 1.54) is 0 Å². The Hall–Kier alpha value is -1.23. The number of carbonyl (C=O) groups excluding carboxylic acids is 1. The van der Waals surface area contributed by atoms with Crippen molar-refractivity contribution in [1.82, 2.24) is 9.88 Å². The van der Waals surface area contributed by atoms with Gasteiger partial charge in [0.15, 0.2) is 0 Å². The molecule has 20 heavy (non-hydrogen) atoms. The van der Waals surface area contributed by atoms with E-state index in [0.717, 1.165) is 31.0 Å². The zero-order chi connectivity index (χ0) is 14.2. The van der Waals surface area contributed by atoms with Crippen molar-refractivity contribution in [2.75, 3.05) is 18.8 Å². The summed E-state index contributed by atoms with van der Waals surface area (Å²) in [7, 11) is 0. The zero-order valence-corrected chi connectivity index (χ0v) is 12.7. The molecule has 0 aromatic carbocycles. The summed E-state index contributed by atoms with van der Waals surface area (Å²) in [5.74, 6) is 2.21. The van der Waals surface area contributed by atoms with E-state index in [2.05, 4.69) is 4.98 Å². The van der Waals surface area contributed by atoms with E-state index in [9.17, 15) is 4.79 Å². The molecule has 3 rings (SSSR count). The molecule has 1 spiro atoms. The third kappa shape index (κ3) is 2.64. The van der Waals surface area contributed by atoms with Gasteiger partial charge in [-0.05, 0) is 12.1 Å². The Bertz CT molecular complexity index is 486. The molecule has 0 aliphatic carbocycles. The molecule has 2 aliphatic rings.